The van der Waals surface area contributed by atoms with Crippen LogP contribution in [0.4, 0.5) is 0 Å². The zero-order chi connectivity index (χ0) is 14.5. The van der Waals surface area contributed by atoms with Crippen LogP contribution < -0.4 is 0 Å². The summed E-state index contributed by atoms with van der Waals surface area (Å²) in [6.45, 7) is 10.2. The molecule has 0 atom stereocenters. The highest BCUT2D eigenvalue weighted by atomic mass is 15.1. The van der Waals surface area contributed by atoms with Crippen molar-refractivity contribution >= 4 is 0 Å². The first-order valence-corrected chi connectivity index (χ1v) is 7.03. The molecule has 0 saturated heterocycles. The van der Waals surface area contributed by atoms with Gasteiger partial charge in [0, 0.05) is 13.1 Å². The molecule has 0 amide bonds. The fourth-order valence-corrected chi connectivity index (χ4v) is 2.18. The standard InChI is InChI=1S/C17H26N2/c1-14(2)16-8-6-15(7-9-16)10-11-19(5)13-17(3,4)12-18/h6-9,14H,10-11,13H2,1-5H3. The monoisotopic (exact) mass is 258 g/mol. The molecular weight excluding hydrogens is 232 g/mol. The van der Waals surface area contributed by atoms with Crippen molar-refractivity contribution in [3.8, 4) is 6.07 Å². The summed E-state index contributed by atoms with van der Waals surface area (Å²) in [6, 6.07) is 11.2. The Labute approximate surface area is 118 Å². The van der Waals surface area contributed by atoms with E-state index in [1.807, 2.05) is 13.8 Å². The van der Waals surface area contributed by atoms with Crippen LogP contribution in [0.5, 0.6) is 0 Å². The summed E-state index contributed by atoms with van der Waals surface area (Å²) in [6.07, 6.45) is 1.04. The highest BCUT2D eigenvalue weighted by molar-refractivity contribution is 5.24. The lowest BCUT2D eigenvalue weighted by atomic mass is 9.95. The van der Waals surface area contributed by atoms with Gasteiger partial charge in [0.2, 0.25) is 0 Å². The Morgan fingerprint density at radius 2 is 1.79 bits per heavy atom. The molecule has 0 aromatic heterocycles. The molecule has 0 spiro atoms. The van der Waals surface area contributed by atoms with Gasteiger partial charge in [-0.2, -0.15) is 5.26 Å². The predicted molar refractivity (Wildman–Crippen MR) is 81.1 cm³/mol. The van der Waals surface area contributed by atoms with Crippen LogP contribution in [0.15, 0.2) is 24.3 Å². The average molecular weight is 258 g/mol. The fraction of sp³-hybridized carbons (Fsp3) is 0.588. The first-order chi connectivity index (χ1) is 8.84. The first kappa shape index (κ1) is 15.7. The second-order valence-corrected chi connectivity index (χ2v) is 6.38. The van der Waals surface area contributed by atoms with Gasteiger partial charge in [-0.3, -0.25) is 0 Å². The number of rotatable bonds is 6. The summed E-state index contributed by atoms with van der Waals surface area (Å²) in [5, 5.41) is 9.03. The van der Waals surface area contributed by atoms with Crippen molar-refractivity contribution in [2.24, 2.45) is 5.41 Å². The van der Waals surface area contributed by atoms with Crippen molar-refractivity contribution in [2.75, 3.05) is 20.1 Å². The van der Waals surface area contributed by atoms with Gasteiger partial charge in [-0.1, -0.05) is 38.1 Å². The van der Waals surface area contributed by atoms with Crippen LogP contribution in [-0.4, -0.2) is 25.0 Å². The van der Waals surface area contributed by atoms with Crippen molar-refractivity contribution in [2.45, 2.75) is 40.0 Å². The molecule has 0 aliphatic rings. The molecule has 1 aromatic rings. The maximum atomic E-state index is 9.03. The van der Waals surface area contributed by atoms with E-state index in [0.717, 1.165) is 19.5 Å². The van der Waals surface area contributed by atoms with Gasteiger partial charge in [0.15, 0.2) is 0 Å². The number of nitrogens with zero attached hydrogens (tertiary/aromatic N) is 2. The molecular formula is C17H26N2. The molecule has 0 radical (unpaired) electrons. The topological polar surface area (TPSA) is 27.0 Å². The van der Waals surface area contributed by atoms with E-state index in [2.05, 4.69) is 56.1 Å². The van der Waals surface area contributed by atoms with Crippen LogP contribution in [0.25, 0.3) is 0 Å². The molecule has 1 aromatic carbocycles. The van der Waals surface area contributed by atoms with Gasteiger partial charge in [-0.25, -0.2) is 0 Å². The highest BCUT2D eigenvalue weighted by Crippen LogP contribution is 2.16. The summed E-state index contributed by atoms with van der Waals surface area (Å²) < 4.78 is 0. The van der Waals surface area contributed by atoms with E-state index in [1.165, 1.54) is 11.1 Å². The molecule has 0 fully saturated rings. The van der Waals surface area contributed by atoms with E-state index in [4.69, 9.17) is 5.26 Å². The SMILES string of the molecule is CC(C)c1ccc(CCN(C)CC(C)(C)C#N)cc1. The Kier molecular flexibility index (Phi) is 5.57. The largest absolute Gasteiger partial charge is 0.304 e. The third-order valence-corrected chi connectivity index (χ3v) is 3.40. The molecule has 2 heteroatoms. The third kappa shape index (κ3) is 5.44. The quantitative estimate of drug-likeness (QED) is 0.775. The molecule has 0 aliphatic heterocycles. The van der Waals surface area contributed by atoms with E-state index >= 15 is 0 Å². The van der Waals surface area contributed by atoms with Gasteiger partial charge in [0.25, 0.3) is 0 Å². The maximum absolute atomic E-state index is 9.03. The number of likely N-dealkylation sites (N-methyl/N-ethyl adjacent to an activating group) is 1. The average Bonchev–Trinajstić information content (AvgIpc) is 2.36. The van der Waals surface area contributed by atoms with E-state index in [0.29, 0.717) is 5.92 Å². The van der Waals surface area contributed by atoms with Crippen LogP contribution in [0, 0.1) is 16.7 Å². The highest BCUT2D eigenvalue weighted by Gasteiger charge is 2.18. The Bertz CT molecular complexity index is 424. The molecule has 0 heterocycles. The second kappa shape index (κ2) is 6.73. The molecule has 0 N–H and O–H groups in total. The van der Waals surface area contributed by atoms with Crippen molar-refractivity contribution in [1.29, 1.82) is 5.26 Å². The molecule has 1 rings (SSSR count). The Morgan fingerprint density at radius 1 is 1.21 bits per heavy atom. The van der Waals surface area contributed by atoms with Gasteiger partial charge < -0.3 is 4.90 Å². The lowest BCUT2D eigenvalue weighted by Gasteiger charge is -2.24. The minimum absolute atomic E-state index is 0.268. The van der Waals surface area contributed by atoms with Crippen LogP contribution in [0.1, 0.15) is 44.7 Å². The van der Waals surface area contributed by atoms with Gasteiger partial charge >= 0.3 is 0 Å². The van der Waals surface area contributed by atoms with Crippen molar-refractivity contribution in [1.82, 2.24) is 4.90 Å². The number of nitriles is 1. The summed E-state index contributed by atoms with van der Waals surface area (Å²) in [4.78, 5) is 2.24. The molecule has 0 unspecified atom stereocenters. The van der Waals surface area contributed by atoms with E-state index in [1.54, 1.807) is 0 Å². The molecule has 0 saturated carbocycles. The fourth-order valence-electron chi connectivity index (χ4n) is 2.18. The summed E-state index contributed by atoms with van der Waals surface area (Å²) >= 11 is 0. The summed E-state index contributed by atoms with van der Waals surface area (Å²) in [5.41, 5.74) is 2.49. The molecule has 0 bridgehead atoms. The molecule has 19 heavy (non-hydrogen) atoms. The van der Waals surface area contributed by atoms with Gasteiger partial charge in [-0.05, 0) is 44.4 Å². The third-order valence-electron chi connectivity index (χ3n) is 3.40. The van der Waals surface area contributed by atoms with Crippen LogP contribution in [-0.2, 0) is 6.42 Å². The Morgan fingerprint density at radius 3 is 2.26 bits per heavy atom. The van der Waals surface area contributed by atoms with Gasteiger partial charge in [0.1, 0.15) is 0 Å². The van der Waals surface area contributed by atoms with Crippen LogP contribution >= 0.6 is 0 Å². The van der Waals surface area contributed by atoms with E-state index in [9.17, 15) is 0 Å². The van der Waals surface area contributed by atoms with Crippen molar-refractivity contribution in [3.63, 3.8) is 0 Å². The summed E-state index contributed by atoms with van der Waals surface area (Å²) in [5.74, 6) is 0.591. The zero-order valence-corrected chi connectivity index (χ0v) is 12.9. The Hall–Kier alpha value is -1.33. The minimum Gasteiger partial charge on any atom is -0.304 e. The first-order valence-electron chi connectivity index (χ1n) is 7.03. The van der Waals surface area contributed by atoms with Gasteiger partial charge in [-0.15, -0.1) is 0 Å². The zero-order valence-electron chi connectivity index (χ0n) is 12.9. The molecule has 2 nitrogen and oxygen atoms in total. The van der Waals surface area contributed by atoms with Gasteiger partial charge in [0.05, 0.1) is 11.5 Å². The lowest BCUT2D eigenvalue weighted by molar-refractivity contribution is 0.258. The number of benzene rings is 1. The lowest BCUT2D eigenvalue weighted by Crippen LogP contribution is -2.31. The number of hydrogen-bond acceptors (Lipinski definition) is 2. The molecule has 0 aliphatic carbocycles. The van der Waals surface area contributed by atoms with Crippen molar-refractivity contribution in [3.05, 3.63) is 35.4 Å². The Balaban J connectivity index is 2.47. The van der Waals surface area contributed by atoms with E-state index < -0.39 is 0 Å². The second-order valence-electron chi connectivity index (χ2n) is 6.38. The van der Waals surface area contributed by atoms with E-state index in [-0.39, 0.29) is 5.41 Å². The smallest absolute Gasteiger partial charge is 0.0697 e. The normalized spacial score (nSPS) is 11.9. The summed E-state index contributed by atoms with van der Waals surface area (Å²) in [7, 11) is 2.08. The van der Waals surface area contributed by atoms with Crippen LogP contribution in [0.2, 0.25) is 0 Å². The predicted octanol–water partition coefficient (Wildman–Crippen LogP) is 3.83. The minimum atomic E-state index is -0.268. The maximum Gasteiger partial charge on any atom is 0.0697 e. The van der Waals surface area contributed by atoms with Crippen molar-refractivity contribution < 1.29 is 0 Å². The number of hydrogen-bond donors (Lipinski definition) is 0. The molecule has 104 valence electrons. The van der Waals surface area contributed by atoms with Crippen LogP contribution in [0.3, 0.4) is 0 Å².